The highest BCUT2D eigenvalue weighted by Crippen LogP contribution is 2.21. The normalized spacial score (nSPS) is 10.9. The van der Waals surface area contributed by atoms with Crippen molar-refractivity contribution in [2.75, 3.05) is 0 Å². The number of halogens is 3. The number of nitrogens with zero attached hydrogens (tertiary/aromatic N) is 3. The van der Waals surface area contributed by atoms with Crippen molar-refractivity contribution in [3.63, 3.8) is 0 Å². The summed E-state index contributed by atoms with van der Waals surface area (Å²) in [6.07, 6.45) is 1.62. The lowest BCUT2D eigenvalue weighted by Gasteiger charge is -1.96. The zero-order valence-corrected chi connectivity index (χ0v) is 8.73. The van der Waals surface area contributed by atoms with Crippen LogP contribution in [-0.2, 0) is 0 Å². The van der Waals surface area contributed by atoms with Crippen molar-refractivity contribution >= 4 is 44.8 Å². The van der Waals surface area contributed by atoms with Gasteiger partial charge in [-0.2, -0.15) is 5.10 Å². The van der Waals surface area contributed by atoms with Gasteiger partial charge < -0.3 is 0 Å². The van der Waals surface area contributed by atoms with Crippen molar-refractivity contribution in [1.29, 1.82) is 0 Å². The maximum absolute atomic E-state index is 5.85. The predicted molar refractivity (Wildman–Crippen MR) is 50.7 cm³/mol. The zero-order valence-electron chi connectivity index (χ0n) is 5.63. The van der Waals surface area contributed by atoms with Gasteiger partial charge in [-0.3, -0.25) is 0 Å². The first-order valence-corrected chi connectivity index (χ1v) is 4.58. The Labute approximate surface area is 86.4 Å². The molecule has 3 nitrogen and oxygen atoms in total. The molecule has 62 valence electrons. The summed E-state index contributed by atoms with van der Waals surface area (Å²) >= 11 is 14.8. The topological polar surface area (TPSA) is 30.2 Å². The van der Waals surface area contributed by atoms with Gasteiger partial charge in [0, 0.05) is 0 Å². The summed E-state index contributed by atoms with van der Waals surface area (Å²) < 4.78 is 2.26. The molecule has 0 aliphatic heterocycles. The Morgan fingerprint density at radius 1 is 1.42 bits per heavy atom. The van der Waals surface area contributed by atoms with Crippen molar-refractivity contribution in [3.05, 3.63) is 27.0 Å². The number of fused-ring (bicyclic) bond motifs is 1. The minimum Gasteiger partial charge on any atom is -0.233 e. The summed E-state index contributed by atoms with van der Waals surface area (Å²) in [7, 11) is 0. The van der Waals surface area contributed by atoms with Gasteiger partial charge in [-0.15, -0.1) is 0 Å². The summed E-state index contributed by atoms with van der Waals surface area (Å²) in [5, 5.41) is 4.81. The van der Waals surface area contributed by atoms with E-state index >= 15 is 0 Å². The van der Waals surface area contributed by atoms with Crippen LogP contribution in [-0.4, -0.2) is 14.6 Å². The highest BCUT2D eigenvalue weighted by atomic mass is 79.9. The first-order chi connectivity index (χ1) is 5.68. The Balaban J connectivity index is 2.92. The summed E-state index contributed by atoms with van der Waals surface area (Å²) in [5.74, 6) is 0. The fraction of sp³-hybridized carbons (Fsp3) is 0. The lowest BCUT2D eigenvalue weighted by atomic mass is 10.5. The second-order valence-corrected chi connectivity index (χ2v) is 3.74. The van der Waals surface area contributed by atoms with Crippen LogP contribution in [0, 0.1) is 0 Å². The standard InChI is InChI=1S/C6H2BrCl2N3/c7-4-2-10-6-3(8)1-5(9)11-12(4)6/h1-2H. The average Bonchev–Trinajstić information content (AvgIpc) is 2.33. The number of hydrogen-bond donors (Lipinski definition) is 0. The second-order valence-electron chi connectivity index (χ2n) is 2.13. The third kappa shape index (κ3) is 1.20. The van der Waals surface area contributed by atoms with Gasteiger partial charge in [-0.1, -0.05) is 23.2 Å². The van der Waals surface area contributed by atoms with Crippen molar-refractivity contribution in [3.8, 4) is 0 Å². The summed E-state index contributed by atoms with van der Waals surface area (Å²) in [5.41, 5.74) is 0.591. The molecule has 0 N–H and O–H groups in total. The summed E-state index contributed by atoms with van der Waals surface area (Å²) in [6, 6.07) is 1.55. The van der Waals surface area contributed by atoms with Gasteiger partial charge in [-0.05, 0) is 22.0 Å². The Hall–Kier alpha value is -0.320. The SMILES string of the molecule is Clc1cc(Cl)c2ncc(Br)n2n1. The van der Waals surface area contributed by atoms with Crippen LogP contribution >= 0.6 is 39.1 Å². The molecule has 0 bridgehead atoms. The molecular weight excluding hydrogens is 265 g/mol. The average molecular weight is 267 g/mol. The Bertz CT molecular complexity index is 440. The van der Waals surface area contributed by atoms with Crippen LogP contribution in [0.25, 0.3) is 5.65 Å². The van der Waals surface area contributed by atoms with E-state index in [0.29, 0.717) is 15.8 Å². The van der Waals surface area contributed by atoms with Gasteiger partial charge >= 0.3 is 0 Å². The van der Waals surface area contributed by atoms with Gasteiger partial charge in [0.05, 0.1) is 11.2 Å². The molecule has 0 amide bonds. The number of rotatable bonds is 0. The fourth-order valence-corrected chi connectivity index (χ4v) is 1.70. The molecule has 0 spiro atoms. The molecule has 6 heteroatoms. The van der Waals surface area contributed by atoms with E-state index in [2.05, 4.69) is 26.0 Å². The van der Waals surface area contributed by atoms with E-state index < -0.39 is 0 Å². The lowest BCUT2D eigenvalue weighted by molar-refractivity contribution is 0.916. The minimum atomic E-state index is 0.339. The highest BCUT2D eigenvalue weighted by molar-refractivity contribution is 9.10. The zero-order chi connectivity index (χ0) is 8.72. The van der Waals surface area contributed by atoms with Gasteiger partial charge in [0.25, 0.3) is 0 Å². The van der Waals surface area contributed by atoms with Crippen molar-refractivity contribution in [2.45, 2.75) is 0 Å². The molecule has 0 aromatic carbocycles. The van der Waals surface area contributed by atoms with E-state index in [0.717, 1.165) is 4.60 Å². The van der Waals surface area contributed by atoms with Gasteiger partial charge in [-0.25, -0.2) is 9.50 Å². The van der Waals surface area contributed by atoms with Gasteiger partial charge in [0.2, 0.25) is 0 Å². The highest BCUT2D eigenvalue weighted by Gasteiger charge is 2.06. The molecule has 0 atom stereocenters. The van der Waals surface area contributed by atoms with Crippen LogP contribution in [0.15, 0.2) is 16.9 Å². The molecule has 0 saturated carbocycles. The quantitative estimate of drug-likeness (QED) is 0.734. The largest absolute Gasteiger partial charge is 0.233 e. The van der Waals surface area contributed by atoms with E-state index in [-0.39, 0.29) is 0 Å². The third-order valence-electron chi connectivity index (χ3n) is 1.35. The van der Waals surface area contributed by atoms with Crippen LogP contribution in [0.5, 0.6) is 0 Å². The molecule has 0 aliphatic carbocycles. The molecule has 2 aromatic rings. The second kappa shape index (κ2) is 2.87. The van der Waals surface area contributed by atoms with E-state index in [4.69, 9.17) is 23.2 Å². The van der Waals surface area contributed by atoms with Crippen LogP contribution in [0.3, 0.4) is 0 Å². The lowest BCUT2D eigenvalue weighted by Crippen LogP contribution is -1.92. The van der Waals surface area contributed by atoms with E-state index in [1.54, 1.807) is 12.3 Å². The maximum Gasteiger partial charge on any atom is 0.173 e. The first-order valence-electron chi connectivity index (χ1n) is 3.04. The molecule has 2 heterocycles. The third-order valence-corrected chi connectivity index (χ3v) is 2.35. The van der Waals surface area contributed by atoms with Crippen molar-refractivity contribution in [1.82, 2.24) is 14.6 Å². The van der Waals surface area contributed by atoms with E-state index in [1.165, 1.54) is 4.52 Å². The van der Waals surface area contributed by atoms with Crippen LogP contribution in [0.4, 0.5) is 0 Å². The molecule has 0 saturated heterocycles. The van der Waals surface area contributed by atoms with Gasteiger partial charge in [0.1, 0.15) is 4.60 Å². The van der Waals surface area contributed by atoms with Crippen LogP contribution in [0.2, 0.25) is 10.2 Å². The molecule has 2 rings (SSSR count). The number of aromatic nitrogens is 3. The van der Waals surface area contributed by atoms with E-state index in [9.17, 15) is 0 Å². The monoisotopic (exact) mass is 265 g/mol. The molecule has 0 aliphatic rings. The fourth-order valence-electron chi connectivity index (χ4n) is 0.876. The molecule has 0 radical (unpaired) electrons. The van der Waals surface area contributed by atoms with Crippen molar-refractivity contribution < 1.29 is 0 Å². The van der Waals surface area contributed by atoms with Crippen LogP contribution < -0.4 is 0 Å². The minimum absolute atomic E-state index is 0.339. The van der Waals surface area contributed by atoms with Crippen molar-refractivity contribution in [2.24, 2.45) is 0 Å². The molecule has 0 fully saturated rings. The van der Waals surface area contributed by atoms with Gasteiger partial charge in [0.15, 0.2) is 10.8 Å². The smallest absolute Gasteiger partial charge is 0.173 e. The summed E-state index contributed by atoms with van der Waals surface area (Å²) in [4.78, 5) is 4.02. The number of hydrogen-bond acceptors (Lipinski definition) is 2. The summed E-state index contributed by atoms with van der Waals surface area (Å²) in [6.45, 7) is 0. The van der Waals surface area contributed by atoms with E-state index in [1.807, 2.05) is 0 Å². The van der Waals surface area contributed by atoms with Crippen LogP contribution in [0.1, 0.15) is 0 Å². The molecule has 12 heavy (non-hydrogen) atoms. The Morgan fingerprint density at radius 2 is 2.17 bits per heavy atom. The molecule has 0 unspecified atom stereocenters. The molecule has 2 aromatic heterocycles. The Morgan fingerprint density at radius 3 is 2.92 bits per heavy atom. The first kappa shape index (κ1) is 8.29. The predicted octanol–water partition coefficient (Wildman–Crippen LogP) is 2.80. The molecular formula is C6H2BrCl2N3. The Kier molecular flexibility index (Phi) is 1.98. The number of imidazole rings is 1. The maximum atomic E-state index is 5.85.